The maximum atomic E-state index is 13.3. The first kappa shape index (κ1) is 12.4. The third-order valence-electron chi connectivity index (χ3n) is 2.99. The van der Waals surface area contributed by atoms with Crippen LogP contribution in [0.5, 0.6) is 0 Å². The molecule has 1 saturated heterocycles. The van der Waals surface area contributed by atoms with Crippen LogP contribution in [0.2, 0.25) is 0 Å². The van der Waals surface area contributed by atoms with Gasteiger partial charge in [-0.1, -0.05) is 0 Å². The third kappa shape index (κ3) is 3.19. The molecule has 1 aliphatic heterocycles. The average Bonchev–Trinajstić information content (AvgIpc) is 2.26. The predicted molar refractivity (Wildman–Crippen MR) is 55.8 cm³/mol. The summed E-state index contributed by atoms with van der Waals surface area (Å²) in [5, 5.41) is 0. The lowest BCUT2D eigenvalue weighted by molar-refractivity contribution is -0.0567. The molecule has 0 saturated carbocycles. The first-order valence-corrected chi connectivity index (χ1v) is 5.50. The number of nitrogens with zero attached hydrogens (tertiary/aromatic N) is 1. The first-order valence-electron chi connectivity index (χ1n) is 5.50. The van der Waals surface area contributed by atoms with Gasteiger partial charge in [0.05, 0.1) is 0 Å². The highest BCUT2D eigenvalue weighted by atomic mass is 19.3. The van der Waals surface area contributed by atoms with Crippen molar-refractivity contribution in [2.24, 2.45) is 0 Å². The van der Waals surface area contributed by atoms with Crippen LogP contribution in [0.25, 0.3) is 0 Å². The summed E-state index contributed by atoms with van der Waals surface area (Å²) in [6, 6.07) is 3.22. The maximum Gasteiger partial charge on any atom is 0.250 e. The Morgan fingerprint density at radius 3 is 2.41 bits per heavy atom. The zero-order valence-corrected chi connectivity index (χ0v) is 9.23. The SMILES string of the molecule is Fc1ccc(F)c(CN2CCC(F)(F)CC2)c1. The number of likely N-dealkylation sites (tertiary alicyclic amines) is 1. The van der Waals surface area contributed by atoms with Crippen molar-refractivity contribution in [3.8, 4) is 0 Å². The van der Waals surface area contributed by atoms with Crippen molar-refractivity contribution >= 4 is 0 Å². The summed E-state index contributed by atoms with van der Waals surface area (Å²) in [6.07, 6.45) is -0.437. The predicted octanol–water partition coefficient (Wildman–Crippen LogP) is 3.20. The fourth-order valence-corrected chi connectivity index (χ4v) is 1.94. The minimum atomic E-state index is -2.61. The highest BCUT2D eigenvalue weighted by Crippen LogP contribution is 2.28. The lowest BCUT2D eigenvalue weighted by Gasteiger charge is -2.31. The minimum absolute atomic E-state index is 0.180. The Morgan fingerprint density at radius 2 is 1.76 bits per heavy atom. The van der Waals surface area contributed by atoms with Crippen LogP contribution in [0.1, 0.15) is 18.4 Å². The summed E-state index contributed by atoms with van der Waals surface area (Å²) < 4.78 is 52.1. The van der Waals surface area contributed by atoms with Crippen LogP contribution >= 0.6 is 0 Å². The molecule has 1 fully saturated rings. The minimum Gasteiger partial charge on any atom is -0.299 e. The van der Waals surface area contributed by atoms with Crippen molar-refractivity contribution in [1.82, 2.24) is 4.90 Å². The van der Waals surface area contributed by atoms with Crippen LogP contribution in [0, 0.1) is 11.6 Å². The monoisotopic (exact) mass is 247 g/mol. The van der Waals surface area contributed by atoms with Gasteiger partial charge in [0.2, 0.25) is 0 Å². The first-order chi connectivity index (χ1) is 7.96. The van der Waals surface area contributed by atoms with E-state index in [1.807, 2.05) is 0 Å². The molecule has 17 heavy (non-hydrogen) atoms. The normalized spacial score (nSPS) is 20.5. The van der Waals surface area contributed by atoms with Crippen molar-refractivity contribution in [2.45, 2.75) is 25.3 Å². The molecule has 0 aliphatic carbocycles. The molecule has 0 unspecified atom stereocenters. The molecule has 5 heteroatoms. The Bertz CT molecular complexity index is 395. The summed E-state index contributed by atoms with van der Waals surface area (Å²) in [7, 11) is 0. The molecule has 94 valence electrons. The van der Waals surface area contributed by atoms with Gasteiger partial charge in [-0.15, -0.1) is 0 Å². The van der Waals surface area contributed by atoms with Gasteiger partial charge in [-0.05, 0) is 18.2 Å². The molecule has 1 aromatic rings. The Morgan fingerprint density at radius 1 is 1.12 bits per heavy atom. The summed E-state index contributed by atoms with van der Waals surface area (Å²) in [4.78, 5) is 1.72. The quantitative estimate of drug-likeness (QED) is 0.725. The number of hydrogen-bond acceptors (Lipinski definition) is 1. The Labute approximate surface area is 97.0 Å². The molecule has 0 N–H and O–H groups in total. The van der Waals surface area contributed by atoms with E-state index in [9.17, 15) is 17.6 Å². The van der Waals surface area contributed by atoms with Gasteiger partial charge in [-0.3, -0.25) is 4.90 Å². The van der Waals surface area contributed by atoms with Crippen molar-refractivity contribution in [2.75, 3.05) is 13.1 Å². The van der Waals surface area contributed by atoms with E-state index in [1.54, 1.807) is 4.90 Å². The molecular weight excluding hydrogens is 234 g/mol. The van der Waals surface area contributed by atoms with Crippen LogP contribution in [-0.4, -0.2) is 23.9 Å². The molecule has 1 heterocycles. The molecular formula is C12H13F4N. The summed E-state index contributed by atoms with van der Waals surface area (Å²) >= 11 is 0. The molecule has 0 atom stereocenters. The van der Waals surface area contributed by atoms with Crippen LogP contribution in [0.3, 0.4) is 0 Å². The zero-order valence-electron chi connectivity index (χ0n) is 9.23. The van der Waals surface area contributed by atoms with Crippen molar-refractivity contribution < 1.29 is 17.6 Å². The van der Waals surface area contributed by atoms with Gasteiger partial charge in [0.1, 0.15) is 11.6 Å². The van der Waals surface area contributed by atoms with Gasteiger partial charge < -0.3 is 0 Å². The van der Waals surface area contributed by atoms with E-state index in [1.165, 1.54) is 0 Å². The number of piperidine rings is 1. The third-order valence-corrected chi connectivity index (χ3v) is 2.99. The van der Waals surface area contributed by atoms with Gasteiger partial charge >= 0.3 is 0 Å². The summed E-state index contributed by atoms with van der Waals surface area (Å²) in [5.74, 6) is -3.62. The van der Waals surface area contributed by atoms with Gasteiger partial charge in [-0.25, -0.2) is 17.6 Å². The number of rotatable bonds is 2. The van der Waals surface area contributed by atoms with Gasteiger partial charge in [0.15, 0.2) is 0 Å². The van der Waals surface area contributed by atoms with Gasteiger partial charge in [-0.2, -0.15) is 0 Å². The van der Waals surface area contributed by atoms with Gasteiger partial charge in [0.25, 0.3) is 5.92 Å². The van der Waals surface area contributed by atoms with E-state index < -0.39 is 17.6 Å². The van der Waals surface area contributed by atoms with Gasteiger partial charge in [0, 0.05) is 38.0 Å². The highest BCUT2D eigenvalue weighted by molar-refractivity contribution is 5.18. The molecule has 1 aromatic carbocycles. The van der Waals surface area contributed by atoms with E-state index in [0.29, 0.717) is 0 Å². The Hall–Kier alpha value is -1.10. The van der Waals surface area contributed by atoms with Crippen LogP contribution in [-0.2, 0) is 6.54 Å². The lowest BCUT2D eigenvalue weighted by atomic mass is 10.1. The topological polar surface area (TPSA) is 3.24 Å². The average molecular weight is 247 g/mol. The zero-order chi connectivity index (χ0) is 12.5. The fourth-order valence-electron chi connectivity index (χ4n) is 1.94. The van der Waals surface area contributed by atoms with Crippen LogP contribution in [0.4, 0.5) is 17.6 Å². The molecule has 1 nitrogen and oxygen atoms in total. The van der Waals surface area contributed by atoms with Crippen molar-refractivity contribution in [1.29, 1.82) is 0 Å². The molecule has 2 rings (SSSR count). The molecule has 0 spiro atoms. The highest BCUT2D eigenvalue weighted by Gasteiger charge is 2.33. The second-order valence-electron chi connectivity index (χ2n) is 4.37. The van der Waals surface area contributed by atoms with E-state index >= 15 is 0 Å². The number of benzene rings is 1. The summed E-state index contributed by atoms with van der Waals surface area (Å²) in [6.45, 7) is 0.603. The molecule has 0 radical (unpaired) electrons. The number of alkyl halides is 2. The Balaban J connectivity index is 2.00. The van der Waals surface area contributed by atoms with Crippen LogP contribution < -0.4 is 0 Å². The molecule has 0 amide bonds. The Kier molecular flexibility index (Phi) is 3.38. The lowest BCUT2D eigenvalue weighted by Crippen LogP contribution is -2.39. The van der Waals surface area contributed by atoms with Crippen molar-refractivity contribution in [3.63, 3.8) is 0 Å². The number of hydrogen-bond donors (Lipinski definition) is 0. The van der Waals surface area contributed by atoms with Crippen LogP contribution in [0.15, 0.2) is 18.2 Å². The summed E-state index contributed by atoms with van der Waals surface area (Å²) in [5.41, 5.74) is 0.218. The fraction of sp³-hybridized carbons (Fsp3) is 0.500. The smallest absolute Gasteiger partial charge is 0.250 e. The molecule has 1 aliphatic rings. The van der Waals surface area contributed by atoms with Crippen molar-refractivity contribution in [3.05, 3.63) is 35.4 Å². The van der Waals surface area contributed by atoms with E-state index in [-0.39, 0.29) is 38.0 Å². The van der Waals surface area contributed by atoms with E-state index in [2.05, 4.69) is 0 Å². The second kappa shape index (κ2) is 4.64. The second-order valence-corrected chi connectivity index (χ2v) is 4.37. The molecule has 0 aromatic heterocycles. The van der Waals surface area contributed by atoms with E-state index in [4.69, 9.17) is 0 Å². The number of halogens is 4. The standard InChI is InChI=1S/C12H13F4N/c13-10-1-2-11(14)9(7-10)8-17-5-3-12(15,16)4-6-17/h1-2,7H,3-6,8H2. The maximum absolute atomic E-state index is 13.3. The van der Waals surface area contributed by atoms with E-state index in [0.717, 1.165) is 18.2 Å². The largest absolute Gasteiger partial charge is 0.299 e. The molecule has 0 bridgehead atoms.